The number of nitrogens with one attached hydrogen (secondary N) is 1. The summed E-state index contributed by atoms with van der Waals surface area (Å²) in [5.74, 6) is 2.34. The number of nitrogens with zero attached hydrogens (tertiary/aromatic N) is 4. The zero-order valence-corrected chi connectivity index (χ0v) is 17.9. The van der Waals surface area contributed by atoms with Crippen LogP contribution in [0.5, 0.6) is 5.75 Å². The lowest BCUT2D eigenvalue weighted by Gasteiger charge is -2.27. The second kappa shape index (κ2) is 10.2. The third kappa shape index (κ3) is 5.70. The van der Waals surface area contributed by atoms with Crippen molar-refractivity contribution in [3.05, 3.63) is 77.9 Å². The molecule has 0 saturated carbocycles. The average Bonchev–Trinajstić information content (AvgIpc) is 3.12. The number of hydrogen-bond acceptors (Lipinski definition) is 5. The van der Waals surface area contributed by atoms with Crippen LogP contribution in [0.1, 0.15) is 29.7 Å². The summed E-state index contributed by atoms with van der Waals surface area (Å²) in [5, 5.41) is 7.39. The van der Waals surface area contributed by atoms with E-state index in [0.717, 1.165) is 37.6 Å². The molecule has 31 heavy (non-hydrogen) atoms. The summed E-state index contributed by atoms with van der Waals surface area (Å²) in [7, 11) is 0. The van der Waals surface area contributed by atoms with Crippen LogP contribution >= 0.6 is 0 Å². The lowest BCUT2D eigenvalue weighted by atomic mass is 10.1. The summed E-state index contributed by atoms with van der Waals surface area (Å²) in [6, 6.07) is 20.0. The molecule has 7 nitrogen and oxygen atoms in total. The van der Waals surface area contributed by atoms with Gasteiger partial charge in [0.1, 0.15) is 11.6 Å². The first-order chi connectivity index (χ1) is 15.2. The Hall–Kier alpha value is -3.19. The minimum absolute atomic E-state index is 0.0127. The Bertz CT molecular complexity index is 960. The monoisotopic (exact) mass is 419 g/mol. The van der Waals surface area contributed by atoms with Gasteiger partial charge in [0.25, 0.3) is 5.91 Å². The van der Waals surface area contributed by atoms with Gasteiger partial charge in [-0.25, -0.2) is 4.98 Å². The van der Waals surface area contributed by atoms with Gasteiger partial charge in [0.05, 0.1) is 6.04 Å². The Morgan fingerprint density at radius 1 is 1.06 bits per heavy atom. The van der Waals surface area contributed by atoms with E-state index in [-0.39, 0.29) is 18.6 Å². The highest BCUT2D eigenvalue weighted by molar-refractivity contribution is 5.77. The van der Waals surface area contributed by atoms with Crippen molar-refractivity contribution in [3.63, 3.8) is 0 Å². The van der Waals surface area contributed by atoms with E-state index in [0.29, 0.717) is 18.8 Å². The minimum Gasteiger partial charge on any atom is -0.484 e. The number of ether oxygens (including phenoxy) is 1. The van der Waals surface area contributed by atoms with E-state index in [1.807, 2.05) is 48.2 Å². The van der Waals surface area contributed by atoms with E-state index in [9.17, 15) is 4.79 Å². The van der Waals surface area contributed by atoms with Gasteiger partial charge >= 0.3 is 0 Å². The summed E-state index contributed by atoms with van der Waals surface area (Å²) >= 11 is 0. The zero-order valence-electron chi connectivity index (χ0n) is 17.9. The normalized spacial score (nSPS) is 17.3. The first-order valence-electron chi connectivity index (χ1n) is 10.8. The highest BCUT2D eigenvalue weighted by Crippen LogP contribution is 2.25. The Morgan fingerprint density at radius 2 is 1.81 bits per heavy atom. The number of aryl methyl sites for hydroxylation is 1. The first-order valence-corrected chi connectivity index (χ1v) is 10.8. The van der Waals surface area contributed by atoms with Gasteiger partial charge in [-0.15, -0.1) is 0 Å². The Balaban J connectivity index is 1.41. The van der Waals surface area contributed by atoms with Gasteiger partial charge in [-0.3, -0.25) is 14.8 Å². The van der Waals surface area contributed by atoms with E-state index in [4.69, 9.17) is 4.74 Å². The molecule has 1 amide bonds. The van der Waals surface area contributed by atoms with Crippen molar-refractivity contribution in [3.8, 4) is 5.75 Å². The maximum absolute atomic E-state index is 12.8. The number of para-hydroxylation sites is 1. The van der Waals surface area contributed by atoms with Crippen molar-refractivity contribution in [2.75, 3.05) is 32.8 Å². The number of aromatic nitrogens is 3. The van der Waals surface area contributed by atoms with Gasteiger partial charge in [0.15, 0.2) is 12.4 Å². The molecule has 1 atom stereocenters. The highest BCUT2D eigenvalue weighted by Gasteiger charge is 2.29. The molecule has 1 aliphatic rings. The standard InChI is InChI=1S/C24H29N5O2/c1-19-25-24(27-26-19)22-13-15-29(23(30)18-31-21-10-6-3-7-11-21)17-16-28(22)14-12-20-8-4-2-5-9-20/h2-11,22H,12-18H2,1H3,(H,25,26,27). The molecule has 1 aliphatic heterocycles. The molecule has 2 heterocycles. The molecule has 1 fully saturated rings. The number of aromatic amines is 1. The predicted molar refractivity (Wildman–Crippen MR) is 119 cm³/mol. The fourth-order valence-corrected chi connectivity index (χ4v) is 3.97. The molecule has 1 saturated heterocycles. The third-order valence-electron chi connectivity index (χ3n) is 5.67. The molecular formula is C24H29N5O2. The second-order valence-electron chi connectivity index (χ2n) is 7.84. The fraction of sp³-hybridized carbons (Fsp3) is 0.375. The number of amides is 1. The van der Waals surface area contributed by atoms with Crippen LogP contribution in [0.3, 0.4) is 0 Å². The van der Waals surface area contributed by atoms with Gasteiger partial charge in [0, 0.05) is 26.2 Å². The maximum Gasteiger partial charge on any atom is 0.260 e. The van der Waals surface area contributed by atoms with Crippen LogP contribution in [0.2, 0.25) is 0 Å². The molecular weight excluding hydrogens is 390 g/mol. The largest absolute Gasteiger partial charge is 0.484 e. The number of H-pyrrole nitrogens is 1. The smallest absolute Gasteiger partial charge is 0.260 e. The van der Waals surface area contributed by atoms with Crippen molar-refractivity contribution in [1.29, 1.82) is 0 Å². The number of carbonyl (C=O) groups is 1. The van der Waals surface area contributed by atoms with E-state index >= 15 is 0 Å². The van der Waals surface area contributed by atoms with Crippen molar-refractivity contribution in [1.82, 2.24) is 25.0 Å². The van der Waals surface area contributed by atoms with Gasteiger partial charge in [-0.05, 0) is 37.5 Å². The summed E-state index contributed by atoms with van der Waals surface area (Å²) in [4.78, 5) is 21.7. The molecule has 1 aromatic heterocycles. The lowest BCUT2D eigenvalue weighted by Crippen LogP contribution is -2.38. The van der Waals surface area contributed by atoms with Crippen molar-refractivity contribution >= 4 is 5.91 Å². The van der Waals surface area contributed by atoms with Crippen LogP contribution < -0.4 is 4.74 Å². The SMILES string of the molecule is Cc1nc(C2CCN(C(=O)COc3ccccc3)CCN2CCc2ccccc2)n[nH]1. The number of hydrogen-bond donors (Lipinski definition) is 1. The Labute approximate surface area is 183 Å². The summed E-state index contributed by atoms with van der Waals surface area (Å²) in [5.41, 5.74) is 1.31. The average molecular weight is 420 g/mol. The van der Waals surface area contributed by atoms with Gasteiger partial charge in [-0.2, -0.15) is 5.10 Å². The highest BCUT2D eigenvalue weighted by atomic mass is 16.5. The Morgan fingerprint density at radius 3 is 2.52 bits per heavy atom. The molecule has 162 valence electrons. The van der Waals surface area contributed by atoms with Crippen molar-refractivity contribution < 1.29 is 9.53 Å². The summed E-state index contributed by atoms with van der Waals surface area (Å²) in [6.07, 6.45) is 1.75. The van der Waals surface area contributed by atoms with Crippen LogP contribution in [-0.2, 0) is 11.2 Å². The zero-order chi connectivity index (χ0) is 21.5. The fourth-order valence-electron chi connectivity index (χ4n) is 3.97. The molecule has 1 unspecified atom stereocenters. The topological polar surface area (TPSA) is 74.4 Å². The second-order valence-corrected chi connectivity index (χ2v) is 7.84. The Kier molecular flexibility index (Phi) is 6.94. The van der Waals surface area contributed by atoms with Gasteiger partial charge in [-0.1, -0.05) is 48.5 Å². The van der Waals surface area contributed by atoms with E-state index in [2.05, 4.69) is 44.3 Å². The summed E-state index contributed by atoms with van der Waals surface area (Å²) in [6.45, 7) is 4.98. The lowest BCUT2D eigenvalue weighted by molar-refractivity contribution is -0.133. The predicted octanol–water partition coefficient (Wildman–Crippen LogP) is 3.01. The minimum atomic E-state index is 0.0127. The molecule has 0 radical (unpaired) electrons. The molecule has 0 spiro atoms. The van der Waals surface area contributed by atoms with Crippen LogP contribution in [0.15, 0.2) is 60.7 Å². The van der Waals surface area contributed by atoms with Crippen molar-refractivity contribution in [2.45, 2.75) is 25.8 Å². The summed E-state index contributed by atoms with van der Waals surface area (Å²) < 4.78 is 5.67. The van der Waals surface area contributed by atoms with Crippen LogP contribution in [0, 0.1) is 6.92 Å². The van der Waals surface area contributed by atoms with E-state index in [1.165, 1.54) is 5.56 Å². The van der Waals surface area contributed by atoms with E-state index < -0.39 is 0 Å². The molecule has 0 bridgehead atoms. The molecule has 2 aromatic carbocycles. The quantitative estimate of drug-likeness (QED) is 0.637. The van der Waals surface area contributed by atoms with Crippen LogP contribution in [0.4, 0.5) is 0 Å². The maximum atomic E-state index is 12.8. The number of rotatable bonds is 7. The van der Waals surface area contributed by atoms with Crippen LogP contribution in [-0.4, -0.2) is 63.7 Å². The van der Waals surface area contributed by atoms with Crippen LogP contribution in [0.25, 0.3) is 0 Å². The molecule has 3 aromatic rings. The molecule has 4 rings (SSSR count). The number of benzene rings is 2. The molecule has 7 heteroatoms. The molecule has 1 N–H and O–H groups in total. The third-order valence-corrected chi connectivity index (χ3v) is 5.67. The first kappa shape index (κ1) is 21.1. The molecule has 0 aliphatic carbocycles. The number of carbonyl (C=O) groups excluding carboxylic acids is 1. The van der Waals surface area contributed by atoms with E-state index in [1.54, 1.807) is 0 Å². The van der Waals surface area contributed by atoms with Gasteiger partial charge in [0.2, 0.25) is 0 Å². The van der Waals surface area contributed by atoms with Crippen molar-refractivity contribution in [2.24, 2.45) is 0 Å². The van der Waals surface area contributed by atoms with Gasteiger partial charge < -0.3 is 9.64 Å².